The highest BCUT2D eigenvalue weighted by molar-refractivity contribution is 5.98. The molecule has 1 aromatic carbocycles. The number of carbonyl (C=O) groups excluding carboxylic acids is 1. The smallest absolute Gasteiger partial charge is 0.267 e. The first-order valence-corrected chi connectivity index (χ1v) is 7.14. The monoisotopic (exact) mass is 311 g/mol. The predicted molar refractivity (Wildman–Crippen MR) is 86.8 cm³/mol. The number of aromatic amines is 1. The molecule has 1 amide bonds. The van der Waals surface area contributed by atoms with Crippen LogP contribution in [0.2, 0.25) is 0 Å². The number of nitrogens with one attached hydrogen (secondary N) is 2. The first-order chi connectivity index (χ1) is 11.2. The standard InChI is InChI=1S/C17H17N3O3/c1-22-13-6-5-11-8-15(20-14(11)9-13)16(21)19-10-12-4-3-7-18-17(12)23-2/h3-9,20H,10H2,1-2H3,(H,19,21). The lowest BCUT2D eigenvalue weighted by molar-refractivity contribution is 0.0946. The normalized spacial score (nSPS) is 10.5. The summed E-state index contributed by atoms with van der Waals surface area (Å²) in [6.45, 7) is 0.342. The summed E-state index contributed by atoms with van der Waals surface area (Å²) in [5.41, 5.74) is 2.17. The van der Waals surface area contributed by atoms with Gasteiger partial charge in [0.15, 0.2) is 0 Å². The number of hydrogen-bond acceptors (Lipinski definition) is 4. The number of rotatable bonds is 5. The Hall–Kier alpha value is -3.02. The van der Waals surface area contributed by atoms with E-state index >= 15 is 0 Å². The fraction of sp³-hybridized carbons (Fsp3) is 0.176. The zero-order valence-electron chi connectivity index (χ0n) is 12.9. The van der Waals surface area contributed by atoms with Crippen molar-refractivity contribution in [3.8, 4) is 11.6 Å². The number of hydrogen-bond donors (Lipinski definition) is 2. The first kappa shape index (κ1) is 14.9. The van der Waals surface area contributed by atoms with Crippen molar-refractivity contribution in [1.29, 1.82) is 0 Å². The van der Waals surface area contributed by atoms with Gasteiger partial charge in [-0.2, -0.15) is 0 Å². The van der Waals surface area contributed by atoms with Gasteiger partial charge in [-0.15, -0.1) is 0 Å². The minimum Gasteiger partial charge on any atom is -0.497 e. The second-order valence-electron chi connectivity index (χ2n) is 4.99. The van der Waals surface area contributed by atoms with Crippen molar-refractivity contribution < 1.29 is 14.3 Å². The SMILES string of the molecule is COc1ccc2cc(C(=O)NCc3cccnc3OC)[nH]c2c1. The molecule has 0 aliphatic rings. The van der Waals surface area contributed by atoms with E-state index in [1.165, 1.54) is 0 Å². The summed E-state index contributed by atoms with van der Waals surface area (Å²) in [6.07, 6.45) is 1.65. The molecule has 0 saturated carbocycles. The third kappa shape index (κ3) is 3.11. The Morgan fingerprint density at radius 2 is 2.09 bits per heavy atom. The van der Waals surface area contributed by atoms with Crippen LogP contribution < -0.4 is 14.8 Å². The number of pyridine rings is 1. The number of ether oxygens (including phenoxy) is 2. The fourth-order valence-electron chi connectivity index (χ4n) is 2.37. The van der Waals surface area contributed by atoms with E-state index in [1.54, 1.807) is 26.5 Å². The van der Waals surface area contributed by atoms with Gasteiger partial charge in [0.25, 0.3) is 5.91 Å². The van der Waals surface area contributed by atoms with Crippen LogP contribution in [-0.2, 0) is 6.54 Å². The maximum atomic E-state index is 12.3. The molecule has 0 aliphatic carbocycles. The highest BCUT2D eigenvalue weighted by atomic mass is 16.5. The largest absolute Gasteiger partial charge is 0.497 e. The average Bonchev–Trinajstić information content (AvgIpc) is 3.03. The maximum Gasteiger partial charge on any atom is 0.267 e. The first-order valence-electron chi connectivity index (χ1n) is 7.14. The summed E-state index contributed by atoms with van der Waals surface area (Å²) in [5, 5.41) is 3.81. The van der Waals surface area contributed by atoms with Gasteiger partial charge in [-0.1, -0.05) is 6.07 Å². The molecule has 0 spiro atoms. The Bertz CT molecular complexity index is 842. The minimum atomic E-state index is -0.189. The van der Waals surface area contributed by atoms with Gasteiger partial charge in [0, 0.05) is 35.3 Å². The quantitative estimate of drug-likeness (QED) is 0.759. The topological polar surface area (TPSA) is 76.2 Å². The molecule has 0 saturated heterocycles. The molecule has 2 N–H and O–H groups in total. The zero-order valence-corrected chi connectivity index (χ0v) is 12.9. The van der Waals surface area contributed by atoms with Gasteiger partial charge in [-0.3, -0.25) is 4.79 Å². The number of H-pyrrole nitrogens is 1. The number of methoxy groups -OCH3 is 2. The second kappa shape index (κ2) is 6.39. The molecular weight excluding hydrogens is 294 g/mol. The van der Waals surface area contributed by atoms with Gasteiger partial charge in [0.2, 0.25) is 5.88 Å². The van der Waals surface area contributed by atoms with Crippen LogP contribution in [0.4, 0.5) is 0 Å². The van der Waals surface area contributed by atoms with E-state index in [1.807, 2.05) is 30.3 Å². The van der Waals surface area contributed by atoms with Crippen LogP contribution >= 0.6 is 0 Å². The molecule has 6 heteroatoms. The number of carbonyl (C=O) groups is 1. The Kier molecular flexibility index (Phi) is 4.14. The van der Waals surface area contributed by atoms with Gasteiger partial charge in [0.05, 0.1) is 14.2 Å². The van der Waals surface area contributed by atoms with Gasteiger partial charge < -0.3 is 19.8 Å². The summed E-state index contributed by atoms with van der Waals surface area (Å²) in [5.74, 6) is 1.06. The number of nitrogens with zero attached hydrogens (tertiary/aromatic N) is 1. The molecule has 3 aromatic rings. The van der Waals surface area contributed by atoms with Crippen LogP contribution in [-0.4, -0.2) is 30.1 Å². The van der Waals surface area contributed by atoms with Crippen molar-refractivity contribution in [2.45, 2.75) is 6.54 Å². The van der Waals surface area contributed by atoms with Crippen molar-refractivity contribution in [2.24, 2.45) is 0 Å². The summed E-state index contributed by atoms with van der Waals surface area (Å²) < 4.78 is 10.4. The van der Waals surface area contributed by atoms with Gasteiger partial charge in [-0.25, -0.2) is 4.98 Å². The van der Waals surface area contributed by atoms with Crippen molar-refractivity contribution in [2.75, 3.05) is 14.2 Å². The van der Waals surface area contributed by atoms with Crippen molar-refractivity contribution in [3.63, 3.8) is 0 Å². The van der Waals surface area contributed by atoms with Crippen LogP contribution in [0, 0.1) is 0 Å². The van der Waals surface area contributed by atoms with E-state index in [0.29, 0.717) is 18.1 Å². The van der Waals surface area contributed by atoms with Gasteiger partial charge in [-0.05, 0) is 24.3 Å². The molecule has 3 rings (SSSR count). The molecule has 0 aliphatic heterocycles. The van der Waals surface area contributed by atoms with E-state index < -0.39 is 0 Å². The van der Waals surface area contributed by atoms with E-state index in [-0.39, 0.29) is 5.91 Å². The van der Waals surface area contributed by atoms with Crippen molar-refractivity contribution in [1.82, 2.24) is 15.3 Å². The van der Waals surface area contributed by atoms with Gasteiger partial charge >= 0.3 is 0 Å². The number of aromatic nitrogens is 2. The minimum absolute atomic E-state index is 0.189. The molecule has 0 bridgehead atoms. The van der Waals surface area contributed by atoms with E-state index in [4.69, 9.17) is 9.47 Å². The molecule has 0 atom stereocenters. The van der Waals surface area contributed by atoms with Gasteiger partial charge in [0.1, 0.15) is 11.4 Å². The van der Waals surface area contributed by atoms with Crippen molar-refractivity contribution in [3.05, 3.63) is 53.9 Å². The fourth-order valence-corrected chi connectivity index (χ4v) is 2.37. The Labute approximate surface area is 133 Å². The Balaban J connectivity index is 1.75. The van der Waals surface area contributed by atoms with Crippen LogP contribution in [0.3, 0.4) is 0 Å². The summed E-state index contributed by atoms with van der Waals surface area (Å²) in [4.78, 5) is 19.5. The summed E-state index contributed by atoms with van der Waals surface area (Å²) in [6, 6.07) is 11.1. The molecule has 0 fully saturated rings. The predicted octanol–water partition coefficient (Wildman–Crippen LogP) is 2.51. The molecule has 2 aromatic heterocycles. The van der Waals surface area contributed by atoms with Crippen LogP contribution in [0.25, 0.3) is 10.9 Å². The molecular formula is C17H17N3O3. The molecule has 6 nitrogen and oxygen atoms in total. The summed E-state index contributed by atoms with van der Waals surface area (Å²) in [7, 11) is 3.16. The third-order valence-corrected chi connectivity index (χ3v) is 3.56. The van der Waals surface area contributed by atoms with Crippen LogP contribution in [0.15, 0.2) is 42.6 Å². The zero-order chi connectivity index (χ0) is 16.2. The van der Waals surface area contributed by atoms with E-state index in [9.17, 15) is 4.79 Å². The average molecular weight is 311 g/mol. The maximum absolute atomic E-state index is 12.3. The second-order valence-corrected chi connectivity index (χ2v) is 4.99. The Morgan fingerprint density at radius 3 is 2.87 bits per heavy atom. The lowest BCUT2D eigenvalue weighted by atomic mass is 10.2. The lowest BCUT2D eigenvalue weighted by Gasteiger charge is -2.07. The van der Waals surface area contributed by atoms with E-state index in [2.05, 4.69) is 15.3 Å². The highest BCUT2D eigenvalue weighted by Crippen LogP contribution is 2.21. The number of amides is 1. The molecule has 118 valence electrons. The third-order valence-electron chi connectivity index (χ3n) is 3.56. The van der Waals surface area contributed by atoms with E-state index in [0.717, 1.165) is 22.2 Å². The molecule has 23 heavy (non-hydrogen) atoms. The number of fused-ring (bicyclic) bond motifs is 1. The summed E-state index contributed by atoms with van der Waals surface area (Å²) >= 11 is 0. The number of benzene rings is 1. The van der Waals surface area contributed by atoms with Crippen LogP contribution in [0.5, 0.6) is 11.6 Å². The van der Waals surface area contributed by atoms with Crippen LogP contribution in [0.1, 0.15) is 16.1 Å². The lowest BCUT2D eigenvalue weighted by Crippen LogP contribution is -2.23. The highest BCUT2D eigenvalue weighted by Gasteiger charge is 2.11. The molecule has 0 unspecified atom stereocenters. The molecule has 2 heterocycles. The Morgan fingerprint density at radius 1 is 1.22 bits per heavy atom. The van der Waals surface area contributed by atoms with Crippen molar-refractivity contribution >= 4 is 16.8 Å². The molecule has 0 radical (unpaired) electrons.